The zero-order valence-corrected chi connectivity index (χ0v) is 18.8. The summed E-state index contributed by atoms with van der Waals surface area (Å²) in [4.78, 5) is 0. The van der Waals surface area contributed by atoms with E-state index < -0.39 is 0 Å². The Balaban J connectivity index is 4.57. The second-order valence-electron chi connectivity index (χ2n) is 7.28. The molecule has 0 aromatic rings. The predicted octanol–water partition coefficient (Wildman–Crippen LogP) is 8.24. The second kappa shape index (κ2) is 15.2. The first-order chi connectivity index (χ1) is 10.6. The first kappa shape index (κ1) is 22.7. The molecular weight excluding hydrogens is 438 g/mol. The summed E-state index contributed by atoms with van der Waals surface area (Å²) in [5.41, 5.74) is 0. The van der Waals surface area contributed by atoms with Crippen LogP contribution in [0.1, 0.15) is 124 Å². The van der Waals surface area contributed by atoms with Gasteiger partial charge in [-0.2, -0.15) is 0 Å². The zero-order chi connectivity index (χ0) is 16.7. The SMILES string of the molecule is CCCCCCCC(CCCC)[C]([Re])(CCCC)CCCC. The van der Waals surface area contributed by atoms with Crippen LogP contribution >= 0.6 is 0 Å². The van der Waals surface area contributed by atoms with Crippen molar-refractivity contribution >= 4 is 0 Å². The molecule has 22 heavy (non-hydrogen) atoms. The quantitative estimate of drug-likeness (QED) is 0.195. The number of rotatable bonds is 16. The summed E-state index contributed by atoms with van der Waals surface area (Å²) in [7, 11) is 0. The van der Waals surface area contributed by atoms with Crippen LogP contribution in [0.15, 0.2) is 0 Å². The van der Waals surface area contributed by atoms with Gasteiger partial charge in [0.05, 0.1) is 0 Å². The molecule has 0 aromatic carbocycles. The average Bonchev–Trinajstić information content (AvgIpc) is 2.53. The van der Waals surface area contributed by atoms with Crippen LogP contribution in [0.2, 0.25) is 3.89 Å². The molecule has 0 aliphatic heterocycles. The van der Waals surface area contributed by atoms with Crippen molar-refractivity contribution in [3.05, 3.63) is 0 Å². The van der Waals surface area contributed by atoms with E-state index in [1.807, 2.05) is 0 Å². The molecule has 0 aromatic heterocycles. The van der Waals surface area contributed by atoms with Crippen molar-refractivity contribution < 1.29 is 19.2 Å². The molecule has 1 heteroatoms. The van der Waals surface area contributed by atoms with Crippen LogP contribution in [-0.2, 0) is 19.2 Å². The van der Waals surface area contributed by atoms with E-state index in [2.05, 4.69) is 46.9 Å². The third-order valence-electron chi connectivity index (χ3n) is 5.19. The molecule has 1 atom stereocenters. The van der Waals surface area contributed by atoms with Crippen LogP contribution in [-0.4, -0.2) is 0 Å². The minimum atomic E-state index is 0.673. The Morgan fingerprint density at radius 2 is 1.05 bits per heavy atom. The number of hydrogen-bond donors (Lipinski definition) is 0. The molecule has 0 amide bonds. The Morgan fingerprint density at radius 1 is 0.591 bits per heavy atom. The standard InChI is InChI=1S/C21H43.Re/c1-5-9-13-14-15-19-21(18-12-8-4)20(16-10-6-2)17-11-7-3;/h21H,5-19H2,1-4H3;. The molecule has 0 heterocycles. The van der Waals surface area contributed by atoms with E-state index in [9.17, 15) is 0 Å². The molecule has 0 N–H and O–H groups in total. The molecule has 0 nitrogen and oxygen atoms in total. The summed E-state index contributed by atoms with van der Waals surface area (Å²) in [6, 6.07) is 0. The third-order valence-corrected chi connectivity index (χ3v) is 7.65. The summed E-state index contributed by atoms with van der Waals surface area (Å²) in [5.74, 6) is 1.00. The van der Waals surface area contributed by atoms with Gasteiger partial charge in [0.2, 0.25) is 0 Å². The molecule has 0 spiro atoms. The van der Waals surface area contributed by atoms with Crippen molar-refractivity contribution in [3.8, 4) is 0 Å². The Hall–Kier alpha value is 0.662. The third kappa shape index (κ3) is 10.4. The molecule has 0 radical (unpaired) electrons. The maximum atomic E-state index is 2.36. The topological polar surface area (TPSA) is 0 Å². The van der Waals surface area contributed by atoms with Crippen LogP contribution in [0.25, 0.3) is 0 Å². The summed E-state index contributed by atoms with van der Waals surface area (Å²) < 4.78 is 0.673. The molecule has 0 saturated heterocycles. The van der Waals surface area contributed by atoms with Crippen molar-refractivity contribution in [3.63, 3.8) is 0 Å². The van der Waals surface area contributed by atoms with Gasteiger partial charge in [-0.1, -0.05) is 0 Å². The van der Waals surface area contributed by atoms with Gasteiger partial charge in [0.15, 0.2) is 0 Å². The van der Waals surface area contributed by atoms with Gasteiger partial charge in [0, 0.05) is 0 Å². The maximum absolute atomic E-state index is 2.36. The predicted molar refractivity (Wildman–Crippen MR) is 98.1 cm³/mol. The molecular formula is C21H43Re. The molecule has 0 aliphatic carbocycles. The summed E-state index contributed by atoms with van der Waals surface area (Å²) >= 11 is 2.14. The minimum absolute atomic E-state index is 0.673. The van der Waals surface area contributed by atoms with Gasteiger partial charge in [0.25, 0.3) is 0 Å². The monoisotopic (exact) mass is 482 g/mol. The zero-order valence-electron chi connectivity index (χ0n) is 16.1. The normalized spacial score (nSPS) is 13.5. The van der Waals surface area contributed by atoms with Crippen LogP contribution in [0.4, 0.5) is 0 Å². The van der Waals surface area contributed by atoms with E-state index >= 15 is 0 Å². The van der Waals surface area contributed by atoms with E-state index in [1.54, 1.807) is 0 Å². The van der Waals surface area contributed by atoms with Crippen molar-refractivity contribution in [1.82, 2.24) is 0 Å². The Morgan fingerprint density at radius 3 is 1.55 bits per heavy atom. The van der Waals surface area contributed by atoms with E-state index in [0.29, 0.717) is 3.89 Å². The fourth-order valence-electron chi connectivity index (χ4n) is 3.58. The van der Waals surface area contributed by atoms with E-state index in [0.717, 1.165) is 5.92 Å². The van der Waals surface area contributed by atoms with Gasteiger partial charge in [-0.15, -0.1) is 0 Å². The van der Waals surface area contributed by atoms with E-state index in [-0.39, 0.29) is 0 Å². The van der Waals surface area contributed by atoms with Crippen molar-refractivity contribution in [2.24, 2.45) is 5.92 Å². The second-order valence-corrected chi connectivity index (χ2v) is 9.99. The number of unbranched alkanes of at least 4 members (excludes halogenated alkanes) is 7. The van der Waals surface area contributed by atoms with Gasteiger partial charge in [-0.05, 0) is 0 Å². The van der Waals surface area contributed by atoms with Crippen molar-refractivity contribution in [1.29, 1.82) is 0 Å². The molecule has 1 unspecified atom stereocenters. The van der Waals surface area contributed by atoms with Crippen molar-refractivity contribution in [2.75, 3.05) is 0 Å². The Labute approximate surface area is 153 Å². The Bertz CT molecular complexity index is 216. The molecule has 0 saturated carbocycles. The molecule has 0 bridgehead atoms. The average molecular weight is 482 g/mol. The van der Waals surface area contributed by atoms with Crippen LogP contribution in [0.5, 0.6) is 0 Å². The van der Waals surface area contributed by atoms with Gasteiger partial charge < -0.3 is 0 Å². The van der Waals surface area contributed by atoms with E-state index in [4.69, 9.17) is 0 Å². The van der Waals surface area contributed by atoms with Gasteiger partial charge in [-0.25, -0.2) is 0 Å². The van der Waals surface area contributed by atoms with Crippen LogP contribution in [0, 0.1) is 5.92 Å². The van der Waals surface area contributed by atoms with Crippen LogP contribution < -0.4 is 0 Å². The fourth-order valence-corrected chi connectivity index (χ4v) is 5.33. The first-order valence-electron chi connectivity index (χ1n) is 10.3. The fraction of sp³-hybridized carbons (Fsp3) is 1.00. The molecule has 0 rings (SSSR count). The number of hydrogen-bond acceptors (Lipinski definition) is 0. The first-order valence-corrected chi connectivity index (χ1v) is 11.7. The molecule has 134 valence electrons. The summed E-state index contributed by atoms with van der Waals surface area (Å²) in [6.45, 7) is 9.40. The van der Waals surface area contributed by atoms with Gasteiger partial charge in [0.1, 0.15) is 0 Å². The molecule has 0 fully saturated rings. The van der Waals surface area contributed by atoms with Crippen LogP contribution in [0.3, 0.4) is 0 Å². The van der Waals surface area contributed by atoms with Gasteiger partial charge in [-0.3, -0.25) is 0 Å². The van der Waals surface area contributed by atoms with E-state index in [1.165, 1.54) is 96.3 Å². The van der Waals surface area contributed by atoms with Crippen molar-refractivity contribution in [2.45, 2.75) is 128 Å². The van der Waals surface area contributed by atoms with Gasteiger partial charge >= 0.3 is 153 Å². The Kier molecular flexibility index (Phi) is 15.7. The summed E-state index contributed by atoms with van der Waals surface area (Å²) in [5, 5.41) is 0. The summed E-state index contributed by atoms with van der Waals surface area (Å²) in [6.07, 6.45) is 21.6. The molecule has 0 aliphatic rings.